The number of thiocarbonyl (C=S) groups is 1. The van der Waals surface area contributed by atoms with Crippen LogP contribution in [-0.2, 0) is 4.79 Å². The van der Waals surface area contributed by atoms with Crippen molar-refractivity contribution in [1.82, 2.24) is 4.90 Å². The van der Waals surface area contributed by atoms with E-state index >= 15 is 0 Å². The van der Waals surface area contributed by atoms with E-state index in [-0.39, 0.29) is 24.3 Å². The van der Waals surface area contributed by atoms with Crippen molar-refractivity contribution in [3.63, 3.8) is 0 Å². The normalized spacial score (nSPS) is 19.3. The summed E-state index contributed by atoms with van der Waals surface area (Å²) in [6.45, 7) is 1.07. The van der Waals surface area contributed by atoms with E-state index in [1.807, 2.05) is 4.90 Å². The first-order chi connectivity index (χ1) is 9.06. The SMILES string of the molecule is NC(=S)C1CCCN1CC(=O)Nc1ccc(F)cc1. The Hall–Kier alpha value is -1.53. The molecule has 1 saturated heterocycles. The van der Waals surface area contributed by atoms with Gasteiger partial charge in [-0.15, -0.1) is 0 Å². The molecular weight excluding hydrogens is 265 g/mol. The van der Waals surface area contributed by atoms with Crippen LogP contribution in [0.15, 0.2) is 24.3 Å². The molecule has 0 aromatic heterocycles. The lowest BCUT2D eigenvalue weighted by molar-refractivity contribution is -0.117. The van der Waals surface area contributed by atoms with Crippen LogP contribution in [0, 0.1) is 5.82 Å². The molecule has 1 fully saturated rings. The molecule has 102 valence electrons. The molecule has 4 nitrogen and oxygen atoms in total. The molecule has 6 heteroatoms. The third-order valence-electron chi connectivity index (χ3n) is 3.17. The number of carbonyl (C=O) groups excluding carboxylic acids is 1. The van der Waals surface area contributed by atoms with E-state index in [0.717, 1.165) is 19.4 Å². The van der Waals surface area contributed by atoms with Crippen molar-refractivity contribution >= 4 is 28.8 Å². The second-order valence-corrected chi connectivity index (χ2v) is 5.06. The van der Waals surface area contributed by atoms with E-state index in [1.54, 1.807) is 0 Å². The predicted molar refractivity (Wildman–Crippen MR) is 76.4 cm³/mol. The number of anilines is 1. The number of likely N-dealkylation sites (tertiary alicyclic amines) is 1. The van der Waals surface area contributed by atoms with Gasteiger partial charge in [-0.1, -0.05) is 12.2 Å². The minimum Gasteiger partial charge on any atom is -0.392 e. The van der Waals surface area contributed by atoms with Gasteiger partial charge in [0.05, 0.1) is 17.6 Å². The highest BCUT2D eigenvalue weighted by Crippen LogP contribution is 2.17. The van der Waals surface area contributed by atoms with Crippen LogP contribution in [-0.4, -0.2) is 34.9 Å². The Bertz CT molecular complexity index is 477. The van der Waals surface area contributed by atoms with Crippen molar-refractivity contribution in [2.45, 2.75) is 18.9 Å². The molecule has 19 heavy (non-hydrogen) atoms. The molecule has 1 atom stereocenters. The van der Waals surface area contributed by atoms with Gasteiger partial charge in [0.15, 0.2) is 0 Å². The molecular formula is C13H16FN3OS. The highest BCUT2D eigenvalue weighted by molar-refractivity contribution is 7.80. The Labute approximate surface area is 116 Å². The van der Waals surface area contributed by atoms with Crippen molar-refractivity contribution < 1.29 is 9.18 Å². The third-order valence-corrected chi connectivity index (χ3v) is 3.44. The maximum absolute atomic E-state index is 12.7. The summed E-state index contributed by atoms with van der Waals surface area (Å²) in [5.41, 5.74) is 6.23. The van der Waals surface area contributed by atoms with Crippen molar-refractivity contribution in [3.8, 4) is 0 Å². The number of rotatable bonds is 4. The minimum atomic E-state index is -0.328. The maximum Gasteiger partial charge on any atom is 0.238 e. The summed E-state index contributed by atoms with van der Waals surface area (Å²) >= 11 is 4.99. The molecule has 1 unspecified atom stereocenters. The summed E-state index contributed by atoms with van der Waals surface area (Å²) in [4.78, 5) is 14.3. The van der Waals surface area contributed by atoms with Crippen LogP contribution in [0.1, 0.15) is 12.8 Å². The molecule has 3 N–H and O–H groups in total. The molecule has 1 aromatic rings. The minimum absolute atomic E-state index is 0.00830. The molecule has 0 aliphatic carbocycles. The molecule has 1 amide bonds. The maximum atomic E-state index is 12.7. The summed E-state index contributed by atoms with van der Waals surface area (Å²) in [7, 11) is 0. The van der Waals surface area contributed by atoms with Gasteiger partial charge in [-0.2, -0.15) is 0 Å². The second kappa shape index (κ2) is 6.08. The molecule has 0 radical (unpaired) electrons. The molecule has 2 rings (SSSR count). The van der Waals surface area contributed by atoms with E-state index < -0.39 is 0 Å². The lowest BCUT2D eigenvalue weighted by Crippen LogP contribution is -2.43. The third kappa shape index (κ3) is 3.71. The number of hydrogen-bond acceptors (Lipinski definition) is 3. The standard InChI is InChI=1S/C13H16FN3OS/c14-9-3-5-10(6-4-9)16-12(18)8-17-7-1-2-11(17)13(15)19/h3-6,11H,1-2,7-8H2,(H2,15,19)(H,16,18). The molecule has 1 heterocycles. The van der Waals surface area contributed by atoms with E-state index in [0.29, 0.717) is 10.7 Å². The first kappa shape index (κ1) is 13.9. The van der Waals surface area contributed by atoms with Gasteiger partial charge in [-0.3, -0.25) is 9.69 Å². The van der Waals surface area contributed by atoms with Crippen LogP contribution in [0.25, 0.3) is 0 Å². The van der Waals surface area contributed by atoms with Crippen molar-refractivity contribution in [1.29, 1.82) is 0 Å². The smallest absolute Gasteiger partial charge is 0.238 e. The van der Waals surface area contributed by atoms with Crippen molar-refractivity contribution in [2.24, 2.45) is 5.73 Å². The number of nitrogens with zero attached hydrogens (tertiary/aromatic N) is 1. The average molecular weight is 281 g/mol. The largest absolute Gasteiger partial charge is 0.392 e. The molecule has 1 aliphatic heterocycles. The van der Waals surface area contributed by atoms with Crippen molar-refractivity contribution in [2.75, 3.05) is 18.4 Å². The highest BCUT2D eigenvalue weighted by atomic mass is 32.1. The predicted octanol–water partition coefficient (Wildman–Crippen LogP) is 1.51. The summed E-state index contributed by atoms with van der Waals surface area (Å²) in [5, 5.41) is 2.72. The van der Waals surface area contributed by atoms with E-state index in [2.05, 4.69) is 5.32 Å². The van der Waals surface area contributed by atoms with Crippen LogP contribution < -0.4 is 11.1 Å². The molecule has 0 spiro atoms. The molecule has 1 aliphatic rings. The number of nitrogens with one attached hydrogen (secondary N) is 1. The first-order valence-electron chi connectivity index (χ1n) is 6.15. The van der Waals surface area contributed by atoms with Gasteiger partial charge in [-0.25, -0.2) is 4.39 Å². The van der Waals surface area contributed by atoms with Gasteiger partial charge in [-0.05, 0) is 43.7 Å². The molecule has 0 bridgehead atoms. The number of carbonyl (C=O) groups is 1. The Morgan fingerprint density at radius 2 is 2.16 bits per heavy atom. The van der Waals surface area contributed by atoms with Crippen LogP contribution >= 0.6 is 12.2 Å². The van der Waals surface area contributed by atoms with Crippen LogP contribution in [0.5, 0.6) is 0 Å². The zero-order valence-corrected chi connectivity index (χ0v) is 11.3. The fraction of sp³-hybridized carbons (Fsp3) is 0.385. The van der Waals surface area contributed by atoms with Gasteiger partial charge in [0.1, 0.15) is 5.82 Å². The number of nitrogens with two attached hydrogens (primary N) is 1. The topological polar surface area (TPSA) is 58.4 Å². The number of benzene rings is 1. The lowest BCUT2D eigenvalue weighted by Gasteiger charge is -2.22. The summed E-state index contributed by atoms with van der Waals surface area (Å²) in [6.07, 6.45) is 1.89. The quantitative estimate of drug-likeness (QED) is 0.822. The Kier molecular flexibility index (Phi) is 4.44. The Balaban J connectivity index is 1.90. The number of amides is 1. The average Bonchev–Trinajstić information content (AvgIpc) is 2.80. The molecule has 0 saturated carbocycles. The van der Waals surface area contributed by atoms with E-state index in [9.17, 15) is 9.18 Å². The zero-order valence-electron chi connectivity index (χ0n) is 10.4. The molecule has 1 aromatic carbocycles. The lowest BCUT2D eigenvalue weighted by atomic mass is 10.2. The van der Waals surface area contributed by atoms with Crippen LogP contribution in [0.3, 0.4) is 0 Å². The van der Waals surface area contributed by atoms with Gasteiger partial charge >= 0.3 is 0 Å². The van der Waals surface area contributed by atoms with E-state index in [4.69, 9.17) is 18.0 Å². The monoisotopic (exact) mass is 281 g/mol. The second-order valence-electron chi connectivity index (χ2n) is 4.59. The first-order valence-corrected chi connectivity index (χ1v) is 6.56. The Morgan fingerprint density at radius 3 is 2.79 bits per heavy atom. The summed E-state index contributed by atoms with van der Waals surface area (Å²) in [6, 6.07) is 5.69. The van der Waals surface area contributed by atoms with Gasteiger partial charge in [0.25, 0.3) is 0 Å². The van der Waals surface area contributed by atoms with E-state index in [1.165, 1.54) is 24.3 Å². The summed E-state index contributed by atoms with van der Waals surface area (Å²) < 4.78 is 12.7. The fourth-order valence-corrected chi connectivity index (χ4v) is 2.52. The van der Waals surface area contributed by atoms with Gasteiger partial charge in [0, 0.05) is 5.69 Å². The van der Waals surface area contributed by atoms with Crippen LogP contribution in [0.2, 0.25) is 0 Å². The number of halogens is 1. The Morgan fingerprint density at radius 1 is 1.47 bits per heavy atom. The van der Waals surface area contributed by atoms with Crippen molar-refractivity contribution in [3.05, 3.63) is 30.1 Å². The zero-order chi connectivity index (χ0) is 13.8. The fourth-order valence-electron chi connectivity index (χ4n) is 2.26. The van der Waals surface area contributed by atoms with Crippen LogP contribution in [0.4, 0.5) is 10.1 Å². The number of hydrogen-bond donors (Lipinski definition) is 2. The highest BCUT2D eigenvalue weighted by Gasteiger charge is 2.28. The van der Waals surface area contributed by atoms with Gasteiger partial charge in [0.2, 0.25) is 5.91 Å². The van der Waals surface area contributed by atoms with Gasteiger partial charge < -0.3 is 11.1 Å². The summed E-state index contributed by atoms with van der Waals surface area (Å²) in [5.74, 6) is -0.471.